The molecule has 2 aromatic rings. The molecule has 100 valence electrons. The van der Waals surface area contributed by atoms with E-state index < -0.39 is 0 Å². The summed E-state index contributed by atoms with van der Waals surface area (Å²) in [5.41, 5.74) is 2.49. The Morgan fingerprint density at radius 1 is 1.37 bits per heavy atom. The molecule has 0 bridgehead atoms. The second-order valence-electron chi connectivity index (χ2n) is 4.23. The van der Waals surface area contributed by atoms with Gasteiger partial charge in [-0.1, -0.05) is 24.3 Å². The third-order valence-electron chi connectivity index (χ3n) is 2.84. The van der Waals surface area contributed by atoms with Gasteiger partial charge in [-0.25, -0.2) is 4.98 Å². The fraction of sp³-hybridized carbons (Fsp3) is 0.286. The van der Waals surface area contributed by atoms with Crippen molar-refractivity contribution in [1.29, 1.82) is 0 Å². The van der Waals surface area contributed by atoms with Gasteiger partial charge in [0, 0.05) is 39.6 Å². The fourth-order valence-corrected chi connectivity index (χ4v) is 1.89. The van der Waals surface area contributed by atoms with Crippen molar-refractivity contribution < 1.29 is 0 Å². The second kappa shape index (κ2) is 6.58. The molecule has 0 atom stereocenters. The number of guanidine groups is 1. The molecule has 0 unspecified atom stereocenters. The van der Waals surface area contributed by atoms with Crippen LogP contribution < -0.4 is 10.6 Å². The lowest BCUT2D eigenvalue weighted by molar-refractivity contribution is 0.792. The molecule has 0 fully saturated rings. The van der Waals surface area contributed by atoms with E-state index in [1.807, 2.05) is 19.6 Å². The average Bonchev–Trinajstić information content (AvgIpc) is 2.93. The molecule has 0 saturated heterocycles. The minimum Gasteiger partial charge on any atom is -0.359 e. The Labute approximate surface area is 113 Å². The molecule has 0 aliphatic heterocycles. The minimum absolute atomic E-state index is 0.755. The number of hydrogen-bond acceptors (Lipinski definition) is 2. The fourth-order valence-electron chi connectivity index (χ4n) is 1.89. The van der Waals surface area contributed by atoms with Crippen molar-refractivity contribution in [3.63, 3.8) is 0 Å². The largest absolute Gasteiger partial charge is 0.359 e. The van der Waals surface area contributed by atoms with Crippen LogP contribution in [0.3, 0.4) is 0 Å². The Balaban J connectivity index is 1.99. The molecule has 0 amide bonds. The van der Waals surface area contributed by atoms with Gasteiger partial charge in [0.25, 0.3) is 0 Å². The summed E-state index contributed by atoms with van der Waals surface area (Å²) in [6.07, 6.45) is 5.59. The summed E-state index contributed by atoms with van der Waals surface area (Å²) in [5.74, 6) is 0.792. The average molecular weight is 257 g/mol. The minimum atomic E-state index is 0.755. The van der Waals surface area contributed by atoms with E-state index in [9.17, 15) is 0 Å². The van der Waals surface area contributed by atoms with Gasteiger partial charge in [0.1, 0.15) is 0 Å². The highest BCUT2D eigenvalue weighted by molar-refractivity contribution is 5.79. The first-order valence-corrected chi connectivity index (χ1v) is 6.24. The first kappa shape index (κ1) is 13.1. The SMILES string of the molecule is CN=C(NC)NCc1cccc(Cn2ccnc2)c1. The quantitative estimate of drug-likeness (QED) is 0.640. The van der Waals surface area contributed by atoms with E-state index in [2.05, 4.69) is 49.4 Å². The van der Waals surface area contributed by atoms with Gasteiger partial charge in [0.05, 0.1) is 6.33 Å². The van der Waals surface area contributed by atoms with E-state index in [1.165, 1.54) is 11.1 Å². The standard InChI is InChI=1S/C14H19N5/c1-15-14(16-2)18-9-12-4-3-5-13(8-12)10-19-7-6-17-11-19/h3-8,11H,9-10H2,1-2H3,(H2,15,16,18). The highest BCUT2D eigenvalue weighted by Gasteiger charge is 1.99. The Kier molecular flexibility index (Phi) is 4.55. The summed E-state index contributed by atoms with van der Waals surface area (Å²) in [7, 11) is 3.61. The molecule has 0 aliphatic rings. The summed E-state index contributed by atoms with van der Waals surface area (Å²) in [5, 5.41) is 6.24. The monoisotopic (exact) mass is 257 g/mol. The first-order chi connectivity index (χ1) is 9.31. The summed E-state index contributed by atoms with van der Waals surface area (Å²) in [6, 6.07) is 8.49. The summed E-state index contributed by atoms with van der Waals surface area (Å²) >= 11 is 0. The van der Waals surface area contributed by atoms with Crippen molar-refractivity contribution in [3.8, 4) is 0 Å². The molecule has 2 N–H and O–H groups in total. The molecule has 19 heavy (non-hydrogen) atoms. The van der Waals surface area contributed by atoms with E-state index >= 15 is 0 Å². The number of benzene rings is 1. The van der Waals surface area contributed by atoms with Gasteiger partial charge in [-0.3, -0.25) is 4.99 Å². The third kappa shape index (κ3) is 3.84. The van der Waals surface area contributed by atoms with Crippen LogP contribution in [-0.2, 0) is 13.1 Å². The lowest BCUT2D eigenvalue weighted by Crippen LogP contribution is -2.34. The number of nitrogens with zero attached hydrogens (tertiary/aromatic N) is 3. The highest BCUT2D eigenvalue weighted by Crippen LogP contribution is 2.07. The van der Waals surface area contributed by atoms with E-state index in [0.29, 0.717) is 0 Å². The Hall–Kier alpha value is -2.30. The number of aliphatic imine (C=N–C) groups is 1. The lowest BCUT2D eigenvalue weighted by atomic mass is 10.1. The maximum atomic E-state index is 4.09. The smallest absolute Gasteiger partial charge is 0.190 e. The molecular weight excluding hydrogens is 238 g/mol. The van der Waals surface area contributed by atoms with Crippen LogP contribution in [0.4, 0.5) is 0 Å². The summed E-state index contributed by atoms with van der Waals surface area (Å²) < 4.78 is 2.05. The van der Waals surface area contributed by atoms with Gasteiger partial charge in [0.2, 0.25) is 0 Å². The Morgan fingerprint density at radius 3 is 2.89 bits per heavy atom. The van der Waals surface area contributed by atoms with Crippen molar-refractivity contribution in [2.45, 2.75) is 13.1 Å². The molecule has 2 rings (SSSR count). The van der Waals surface area contributed by atoms with E-state index in [0.717, 1.165) is 19.0 Å². The zero-order chi connectivity index (χ0) is 13.5. The van der Waals surface area contributed by atoms with Gasteiger partial charge in [-0.15, -0.1) is 0 Å². The lowest BCUT2D eigenvalue weighted by Gasteiger charge is -2.10. The van der Waals surface area contributed by atoms with Gasteiger partial charge in [-0.05, 0) is 11.1 Å². The molecule has 0 saturated carbocycles. The van der Waals surface area contributed by atoms with Crippen molar-refractivity contribution in [2.24, 2.45) is 4.99 Å². The maximum absolute atomic E-state index is 4.09. The van der Waals surface area contributed by atoms with Crippen LogP contribution in [0.1, 0.15) is 11.1 Å². The molecule has 0 spiro atoms. The van der Waals surface area contributed by atoms with E-state index in [4.69, 9.17) is 0 Å². The maximum Gasteiger partial charge on any atom is 0.190 e. The number of imidazole rings is 1. The van der Waals surface area contributed by atoms with Crippen molar-refractivity contribution in [2.75, 3.05) is 14.1 Å². The molecule has 1 aromatic carbocycles. The molecule has 1 aromatic heterocycles. The molecule has 5 heteroatoms. The predicted octanol–water partition coefficient (Wildman–Crippen LogP) is 1.23. The van der Waals surface area contributed by atoms with Crippen LogP contribution in [0.25, 0.3) is 0 Å². The van der Waals surface area contributed by atoms with Crippen LogP contribution in [0.15, 0.2) is 48.0 Å². The van der Waals surface area contributed by atoms with Crippen molar-refractivity contribution in [3.05, 3.63) is 54.1 Å². The van der Waals surface area contributed by atoms with Crippen LogP contribution in [0, 0.1) is 0 Å². The Bertz CT molecular complexity index is 531. The second-order valence-corrected chi connectivity index (χ2v) is 4.23. The first-order valence-electron chi connectivity index (χ1n) is 6.24. The molecule has 0 radical (unpaired) electrons. The molecule has 5 nitrogen and oxygen atoms in total. The third-order valence-corrected chi connectivity index (χ3v) is 2.84. The number of hydrogen-bond donors (Lipinski definition) is 2. The van der Waals surface area contributed by atoms with Crippen molar-refractivity contribution in [1.82, 2.24) is 20.2 Å². The topological polar surface area (TPSA) is 54.2 Å². The summed E-state index contributed by atoms with van der Waals surface area (Å²) in [6.45, 7) is 1.60. The van der Waals surface area contributed by atoms with Gasteiger partial charge in [-0.2, -0.15) is 0 Å². The van der Waals surface area contributed by atoms with Crippen LogP contribution in [0.2, 0.25) is 0 Å². The number of nitrogens with one attached hydrogen (secondary N) is 2. The van der Waals surface area contributed by atoms with Crippen LogP contribution in [0.5, 0.6) is 0 Å². The van der Waals surface area contributed by atoms with Crippen LogP contribution >= 0.6 is 0 Å². The molecular formula is C14H19N5. The van der Waals surface area contributed by atoms with Crippen molar-refractivity contribution >= 4 is 5.96 Å². The zero-order valence-corrected chi connectivity index (χ0v) is 11.3. The van der Waals surface area contributed by atoms with Crippen LogP contribution in [-0.4, -0.2) is 29.6 Å². The predicted molar refractivity (Wildman–Crippen MR) is 77.0 cm³/mol. The summed E-state index contributed by atoms with van der Waals surface area (Å²) in [4.78, 5) is 8.14. The normalized spacial score (nSPS) is 11.4. The van der Waals surface area contributed by atoms with E-state index in [-0.39, 0.29) is 0 Å². The molecule has 0 aliphatic carbocycles. The van der Waals surface area contributed by atoms with Gasteiger partial charge in [0.15, 0.2) is 5.96 Å². The van der Waals surface area contributed by atoms with Gasteiger partial charge < -0.3 is 15.2 Å². The zero-order valence-electron chi connectivity index (χ0n) is 11.3. The Morgan fingerprint density at radius 2 is 2.21 bits per heavy atom. The number of rotatable bonds is 4. The van der Waals surface area contributed by atoms with Gasteiger partial charge >= 0.3 is 0 Å². The highest BCUT2D eigenvalue weighted by atomic mass is 15.1. The molecule has 1 heterocycles. The number of aromatic nitrogens is 2. The van der Waals surface area contributed by atoms with E-state index in [1.54, 1.807) is 13.2 Å².